The first-order valence-corrected chi connectivity index (χ1v) is 6.20. The number of piperidine rings is 1. The maximum atomic E-state index is 12.0. The first kappa shape index (κ1) is 13.8. The zero-order valence-electron chi connectivity index (χ0n) is 10.8. The quantitative estimate of drug-likeness (QED) is 0.793. The fraction of sp³-hybridized carbons (Fsp3) is 0.833. The number of likely N-dealkylation sites (tertiary alicyclic amines) is 1. The Hall–Kier alpha value is -1.26. The molecular formula is C12H22N2O3. The zero-order valence-corrected chi connectivity index (χ0v) is 10.8. The molecule has 0 saturated carbocycles. The van der Waals surface area contributed by atoms with Gasteiger partial charge in [-0.05, 0) is 39.5 Å². The number of aliphatic carboxylic acids is 1. The maximum Gasteiger partial charge on any atom is 0.328 e. The molecule has 0 radical (unpaired) electrons. The molecule has 2 N–H and O–H groups in total. The number of hydrogen-bond donors (Lipinski definition) is 2. The predicted molar refractivity (Wildman–Crippen MR) is 64.9 cm³/mol. The van der Waals surface area contributed by atoms with E-state index in [1.807, 2.05) is 0 Å². The third kappa shape index (κ3) is 3.35. The van der Waals surface area contributed by atoms with Gasteiger partial charge in [0.15, 0.2) is 0 Å². The summed E-state index contributed by atoms with van der Waals surface area (Å²) in [6.07, 6.45) is 4.07. The van der Waals surface area contributed by atoms with Gasteiger partial charge in [-0.25, -0.2) is 9.59 Å². The highest BCUT2D eigenvalue weighted by Crippen LogP contribution is 2.20. The fourth-order valence-corrected chi connectivity index (χ4v) is 2.09. The second-order valence-electron chi connectivity index (χ2n) is 5.11. The van der Waals surface area contributed by atoms with Crippen LogP contribution in [-0.4, -0.2) is 40.1 Å². The lowest BCUT2D eigenvalue weighted by Gasteiger charge is -2.37. The van der Waals surface area contributed by atoms with Crippen molar-refractivity contribution in [3.05, 3.63) is 0 Å². The van der Waals surface area contributed by atoms with E-state index in [2.05, 4.69) is 12.2 Å². The summed E-state index contributed by atoms with van der Waals surface area (Å²) in [5, 5.41) is 11.6. The minimum atomic E-state index is -1.22. The van der Waals surface area contributed by atoms with Crippen LogP contribution < -0.4 is 5.32 Å². The van der Waals surface area contributed by atoms with Crippen molar-refractivity contribution in [2.45, 2.75) is 58.0 Å². The Bertz CT molecular complexity index is 302. The lowest BCUT2D eigenvalue weighted by Crippen LogP contribution is -2.57. The van der Waals surface area contributed by atoms with Gasteiger partial charge in [-0.1, -0.05) is 6.92 Å². The molecule has 0 aromatic heterocycles. The smallest absolute Gasteiger partial charge is 0.328 e. The largest absolute Gasteiger partial charge is 0.480 e. The van der Waals surface area contributed by atoms with Crippen LogP contribution in [0.25, 0.3) is 0 Å². The van der Waals surface area contributed by atoms with Crippen LogP contribution in [0, 0.1) is 0 Å². The first-order valence-electron chi connectivity index (χ1n) is 6.20. The summed E-state index contributed by atoms with van der Waals surface area (Å²) >= 11 is 0. The highest BCUT2D eigenvalue weighted by atomic mass is 16.4. The van der Waals surface area contributed by atoms with Crippen molar-refractivity contribution in [2.75, 3.05) is 6.54 Å². The Morgan fingerprint density at radius 1 is 1.41 bits per heavy atom. The normalized spacial score (nSPS) is 21.1. The molecule has 0 aliphatic carbocycles. The van der Waals surface area contributed by atoms with E-state index in [0.717, 1.165) is 32.2 Å². The molecule has 1 atom stereocenters. The van der Waals surface area contributed by atoms with E-state index in [4.69, 9.17) is 5.11 Å². The summed E-state index contributed by atoms with van der Waals surface area (Å²) in [4.78, 5) is 24.8. The van der Waals surface area contributed by atoms with Gasteiger partial charge < -0.3 is 15.3 Å². The topological polar surface area (TPSA) is 69.6 Å². The van der Waals surface area contributed by atoms with Gasteiger partial charge in [-0.3, -0.25) is 0 Å². The van der Waals surface area contributed by atoms with Gasteiger partial charge in [0.1, 0.15) is 5.54 Å². The molecule has 1 unspecified atom stereocenters. The summed E-state index contributed by atoms with van der Waals surface area (Å²) < 4.78 is 0. The molecule has 1 rings (SSSR count). The molecule has 1 fully saturated rings. The monoisotopic (exact) mass is 242 g/mol. The Morgan fingerprint density at radius 3 is 2.59 bits per heavy atom. The Balaban J connectivity index is 2.65. The van der Waals surface area contributed by atoms with Gasteiger partial charge in [0.05, 0.1) is 0 Å². The Labute approximate surface area is 102 Å². The van der Waals surface area contributed by atoms with Crippen LogP contribution in [0.15, 0.2) is 0 Å². The van der Waals surface area contributed by atoms with Gasteiger partial charge >= 0.3 is 12.0 Å². The van der Waals surface area contributed by atoms with Crippen molar-refractivity contribution >= 4 is 12.0 Å². The molecule has 5 heteroatoms. The predicted octanol–water partition coefficient (Wildman–Crippen LogP) is 1.82. The molecule has 1 aliphatic heterocycles. The summed E-state index contributed by atoms with van der Waals surface area (Å²) in [5.74, 6) is -1.02. The average Bonchev–Trinajstić information content (AvgIpc) is 2.28. The lowest BCUT2D eigenvalue weighted by atomic mass is 10.00. The highest BCUT2D eigenvalue weighted by molar-refractivity contribution is 5.85. The summed E-state index contributed by atoms with van der Waals surface area (Å²) in [5.41, 5.74) is -1.22. The molecule has 1 aliphatic rings. The number of hydrogen-bond acceptors (Lipinski definition) is 2. The minimum Gasteiger partial charge on any atom is -0.480 e. The number of carboxylic acid groups (broad SMARTS) is 1. The van der Waals surface area contributed by atoms with Crippen LogP contribution in [0.3, 0.4) is 0 Å². The first-order chi connectivity index (χ1) is 7.88. The van der Waals surface area contributed by atoms with E-state index in [0.29, 0.717) is 0 Å². The number of nitrogens with one attached hydrogen (secondary N) is 1. The Morgan fingerprint density at radius 2 is 2.06 bits per heavy atom. The van der Waals surface area contributed by atoms with E-state index in [-0.39, 0.29) is 12.1 Å². The van der Waals surface area contributed by atoms with E-state index in [1.165, 1.54) is 13.8 Å². The Kier molecular flexibility index (Phi) is 4.37. The molecule has 0 spiro atoms. The highest BCUT2D eigenvalue weighted by Gasteiger charge is 2.33. The summed E-state index contributed by atoms with van der Waals surface area (Å²) in [7, 11) is 0. The van der Waals surface area contributed by atoms with E-state index < -0.39 is 11.5 Å². The number of carbonyl (C=O) groups excluding carboxylic acids is 1. The van der Waals surface area contributed by atoms with Crippen LogP contribution >= 0.6 is 0 Å². The minimum absolute atomic E-state index is 0.244. The number of carbonyl (C=O) groups is 2. The van der Waals surface area contributed by atoms with Crippen molar-refractivity contribution < 1.29 is 14.7 Å². The fourth-order valence-electron chi connectivity index (χ4n) is 2.09. The molecule has 98 valence electrons. The number of rotatable bonds is 3. The van der Waals surface area contributed by atoms with Crippen LogP contribution in [-0.2, 0) is 4.79 Å². The molecule has 0 aromatic rings. The van der Waals surface area contributed by atoms with Crippen LogP contribution in [0.2, 0.25) is 0 Å². The standard InChI is InChI=1S/C12H22N2O3/c1-4-9-7-5-6-8-14(9)11(17)13-12(2,3)10(15)16/h9H,4-8H2,1-3H3,(H,13,17)(H,15,16). The zero-order chi connectivity index (χ0) is 13.1. The van der Waals surface area contributed by atoms with Crippen molar-refractivity contribution in [2.24, 2.45) is 0 Å². The average molecular weight is 242 g/mol. The molecule has 1 saturated heterocycles. The molecular weight excluding hydrogens is 220 g/mol. The number of carboxylic acids is 1. The number of nitrogens with zero attached hydrogens (tertiary/aromatic N) is 1. The van der Waals surface area contributed by atoms with Gasteiger partial charge in [-0.2, -0.15) is 0 Å². The molecule has 17 heavy (non-hydrogen) atoms. The van der Waals surface area contributed by atoms with Gasteiger partial charge in [0.25, 0.3) is 0 Å². The van der Waals surface area contributed by atoms with E-state index in [9.17, 15) is 9.59 Å². The van der Waals surface area contributed by atoms with Gasteiger partial charge in [0.2, 0.25) is 0 Å². The molecule has 0 bridgehead atoms. The second kappa shape index (κ2) is 5.38. The molecule has 1 heterocycles. The van der Waals surface area contributed by atoms with Crippen LogP contribution in [0.1, 0.15) is 46.5 Å². The third-order valence-corrected chi connectivity index (χ3v) is 3.31. The molecule has 2 amide bonds. The van der Waals surface area contributed by atoms with E-state index in [1.54, 1.807) is 4.90 Å². The van der Waals surface area contributed by atoms with Crippen molar-refractivity contribution in [3.8, 4) is 0 Å². The van der Waals surface area contributed by atoms with Crippen LogP contribution in [0.4, 0.5) is 4.79 Å². The molecule has 0 aromatic carbocycles. The summed E-state index contributed by atoms with van der Waals surface area (Å²) in [6.45, 7) is 5.77. The second-order valence-corrected chi connectivity index (χ2v) is 5.11. The van der Waals surface area contributed by atoms with Crippen LogP contribution in [0.5, 0.6) is 0 Å². The maximum absolute atomic E-state index is 12.0. The van der Waals surface area contributed by atoms with Crippen molar-refractivity contribution in [3.63, 3.8) is 0 Å². The number of amides is 2. The van der Waals surface area contributed by atoms with Crippen molar-refractivity contribution in [1.82, 2.24) is 10.2 Å². The van der Waals surface area contributed by atoms with Gasteiger partial charge in [0, 0.05) is 12.6 Å². The third-order valence-electron chi connectivity index (χ3n) is 3.31. The van der Waals surface area contributed by atoms with Crippen molar-refractivity contribution in [1.29, 1.82) is 0 Å². The summed E-state index contributed by atoms with van der Waals surface area (Å²) in [6, 6.07) is -0.0164. The van der Waals surface area contributed by atoms with Gasteiger partial charge in [-0.15, -0.1) is 0 Å². The van der Waals surface area contributed by atoms with E-state index >= 15 is 0 Å². The molecule has 5 nitrogen and oxygen atoms in total. The lowest BCUT2D eigenvalue weighted by molar-refractivity contribution is -0.143. The number of urea groups is 1. The SMILES string of the molecule is CCC1CCCCN1C(=O)NC(C)(C)C(=O)O.